The van der Waals surface area contributed by atoms with Crippen molar-refractivity contribution >= 4 is 29.1 Å². The van der Waals surface area contributed by atoms with Gasteiger partial charge in [0.1, 0.15) is 5.75 Å². The van der Waals surface area contributed by atoms with Crippen LogP contribution in [0.2, 0.25) is 0 Å². The maximum atomic E-state index is 12.0. The molecule has 1 aromatic rings. The molecule has 18 heavy (non-hydrogen) atoms. The number of hydrogen-bond acceptors (Lipinski definition) is 2. The number of amides is 1. The fourth-order valence-electron chi connectivity index (χ4n) is 1.32. The van der Waals surface area contributed by atoms with Gasteiger partial charge in [-0.15, -0.1) is 23.2 Å². The summed E-state index contributed by atoms with van der Waals surface area (Å²) in [6.07, 6.45) is 0. The van der Waals surface area contributed by atoms with Crippen molar-refractivity contribution in [2.45, 2.75) is 19.4 Å². The minimum absolute atomic E-state index is 0.193. The van der Waals surface area contributed by atoms with E-state index in [-0.39, 0.29) is 17.7 Å². The minimum atomic E-state index is -0.598. The number of ether oxygens (including phenoxy) is 1. The Hall–Kier alpha value is -0.930. The molecule has 0 aliphatic heterocycles. The molecule has 0 aromatic heterocycles. The van der Waals surface area contributed by atoms with Crippen molar-refractivity contribution in [2.75, 3.05) is 18.4 Å². The summed E-state index contributed by atoms with van der Waals surface area (Å²) in [5.74, 6) is 1.08. The number of halogens is 2. The van der Waals surface area contributed by atoms with Crippen molar-refractivity contribution in [1.29, 1.82) is 0 Å². The quantitative estimate of drug-likeness (QED) is 0.818. The van der Waals surface area contributed by atoms with E-state index in [9.17, 15) is 4.79 Å². The van der Waals surface area contributed by atoms with Gasteiger partial charge >= 0.3 is 0 Å². The van der Waals surface area contributed by atoms with Crippen molar-refractivity contribution in [3.05, 3.63) is 29.8 Å². The van der Waals surface area contributed by atoms with Gasteiger partial charge in [0, 0.05) is 17.3 Å². The standard InChI is InChI=1S/C13H17Cl2NO2/c1-3-18-11-6-4-10(5-7-11)12(17)16-13(2,8-14)9-15/h4-7H,3,8-9H2,1-2H3,(H,16,17). The Labute approximate surface area is 117 Å². The summed E-state index contributed by atoms with van der Waals surface area (Å²) in [6, 6.07) is 6.95. The van der Waals surface area contributed by atoms with E-state index in [2.05, 4.69) is 5.32 Å². The van der Waals surface area contributed by atoms with E-state index in [1.807, 2.05) is 6.92 Å². The molecule has 1 N–H and O–H groups in total. The van der Waals surface area contributed by atoms with Gasteiger partial charge in [-0.25, -0.2) is 0 Å². The van der Waals surface area contributed by atoms with Gasteiger partial charge in [0.05, 0.1) is 12.1 Å². The molecule has 0 unspecified atom stereocenters. The van der Waals surface area contributed by atoms with Crippen LogP contribution in [0, 0.1) is 0 Å². The summed E-state index contributed by atoms with van der Waals surface area (Å²) in [4.78, 5) is 12.0. The largest absolute Gasteiger partial charge is 0.494 e. The van der Waals surface area contributed by atoms with Crippen LogP contribution in [0.3, 0.4) is 0 Å². The predicted octanol–water partition coefficient (Wildman–Crippen LogP) is 3.05. The molecular weight excluding hydrogens is 273 g/mol. The maximum Gasteiger partial charge on any atom is 0.251 e. The fraction of sp³-hybridized carbons (Fsp3) is 0.462. The third-order valence-electron chi connectivity index (χ3n) is 2.43. The zero-order chi connectivity index (χ0) is 13.6. The van der Waals surface area contributed by atoms with Crippen LogP contribution in [0.1, 0.15) is 24.2 Å². The SMILES string of the molecule is CCOc1ccc(C(=O)NC(C)(CCl)CCl)cc1. The van der Waals surface area contributed by atoms with Crippen LogP contribution in [0.5, 0.6) is 5.75 Å². The average Bonchev–Trinajstić information content (AvgIpc) is 2.39. The highest BCUT2D eigenvalue weighted by atomic mass is 35.5. The number of hydrogen-bond donors (Lipinski definition) is 1. The van der Waals surface area contributed by atoms with Crippen LogP contribution in [0.4, 0.5) is 0 Å². The van der Waals surface area contributed by atoms with E-state index in [0.717, 1.165) is 5.75 Å². The minimum Gasteiger partial charge on any atom is -0.494 e. The van der Waals surface area contributed by atoms with E-state index in [1.54, 1.807) is 31.2 Å². The molecule has 0 heterocycles. The number of carbonyl (C=O) groups excluding carboxylic acids is 1. The van der Waals surface area contributed by atoms with Gasteiger partial charge in [0.25, 0.3) is 5.91 Å². The van der Waals surface area contributed by atoms with Gasteiger partial charge in [0.2, 0.25) is 0 Å². The van der Waals surface area contributed by atoms with Crippen molar-refractivity contribution in [3.8, 4) is 5.75 Å². The molecule has 1 aromatic carbocycles. The average molecular weight is 290 g/mol. The molecule has 0 saturated heterocycles. The number of benzene rings is 1. The first-order valence-corrected chi connectivity index (χ1v) is 6.79. The molecule has 100 valence electrons. The lowest BCUT2D eigenvalue weighted by molar-refractivity contribution is 0.0921. The van der Waals surface area contributed by atoms with Crippen LogP contribution in [-0.4, -0.2) is 29.8 Å². The third-order valence-corrected chi connectivity index (χ3v) is 3.61. The van der Waals surface area contributed by atoms with E-state index in [4.69, 9.17) is 27.9 Å². The lowest BCUT2D eigenvalue weighted by atomic mass is 10.1. The molecule has 3 nitrogen and oxygen atoms in total. The highest BCUT2D eigenvalue weighted by Crippen LogP contribution is 2.14. The van der Waals surface area contributed by atoms with Crippen molar-refractivity contribution in [1.82, 2.24) is 5.32 Å². The fourth-order valence-corrected chi connectivity index (χ4v) is 1.74. The molecule has 0 aliphatic rings. The molecule has 0 spiro atoms. The first-order chi connectivity index (χ1) is 8.54. The molecule has 0 bridgehead atoms. The zero-order valence-electron chi connectivity index (χ0n) is 10.5. The maximum absolute atomic E-state index is 12.0. The van der Waals surface area contributed by atoms with Crippen LogP contribution in [-0.2, 0) is 0 Å². The van der Waals surface area contributed by atoms with E-state index < -0.39 is 5.54 Å². The second-order valence-electron chi connectivity index (χ2n) is 4.24. The van der Waals surface area contributed by atoms with Gasteiger partial charge in [0.15, 0.2) is 0 Å². The first kappa shape index (κ1) is 15.1. The van der Waals surface area contributed by atoms with Gasteiger partial charge < -0.3 is 10.1 Å². The van der Waals surface area contributed by atoms with Crippen LogP contribution >= 0.6 is 23.2 Å². The van der Waals surface area contributed by atoms with Crippen LogP contribution in [0.25, 0.3) is 0 Å². The Balaban J connectivity index is 2.72. The van der Waals surface area contributed by atoms with Gasteiger partial charge in [-0.05, 0) is 38.1 Å². The highest BCUT2D eigenvalue weighted by Gasteiger charge is 2.24. The second kappa shape index (κ2) is 6.86. The summed E-state index contributed by atoms with van der Waals surface area (Å²) < 4.78 is 5.31. The Kier molecular flexibility index (Phi) is 5.76. The molecule has 1 rings (SSSR count). The molecule has 0 atom stereocenters. The first-order valence-electron chi connectivity index (χ1n) is 5.72. The summed E-state index contributed by atoms with van der Waals surface area (Å²) in [5.41, 5.74) is -0.0430. The number of carbonyl (C=O) groups is 1. The highest BCUT2D eigenvalue weighted by molar-refractivity contribution is 6.22. The predicted molar refractivity (Wildman–Crippen MR) is 74.9 cm³/mol. The summed E-state index contributed by atoms with van der Waals surface area (Å²) in [7, 11) is 0. The van der Waals surface area contributed by atoms with Gasteiger partial charge in [-0.1, -0.05) is 0 Å². The number of rotatable bonds is 6. The Bertz CT molecular complexity index is 388. The Morgan fingerprint density at radius 2 is 1.83 bits per heavy atom. The number of alkyl halides is 2. The third kappa shape index (κ3) is 4.07. The second-order valence-corrected chi connectivity index (χ2v) is 4.77. The molecule has 0 radical (unpaired) electrons. The van der Waals surface area contributed by atoms with Crippen molar-refractivity contribution < 1.29 is 9.53 Å². The lowest BCUT2D eigenvalue weighted by Gasteiger charge is -2.25. The Morgan fingerprint density at radius 3 is 2.28 bits per heavy atom. The number of nitrogens with one attached hydrogen (secondary N) is 1. The summed E-state index contributed by atoms with van der Waals surface area (Å²) >= 11 is 11.6. The van der Waals surface area contributed by atoms with Crippen molar-refractivity contribution in [3.63, 3.8) is 0 Å². The molecule has 0 fully saturated rings. The smallest absolute Gasteiger partial charge is 0.251 e. The van der Waals surface area contributed by atoms with E-state index in [0.29, 0.717) is 12.2 Å². The normalized spacial score (nSPS) is 11.1. The Morgan fingerprint density at radius 1 is 1.28 bits per heavy atom. The molecule has 0 saturated carbocycles. The van der Waals surface area contributed by atoms with Gasteiger partial charge in [-0.2, -0.15) is 0 Å². The molecule has 1 amide bonds. The summed E-state index contributed by atoms with van der Waals surface area (Å²) in [5, 5.41) is 2.82. The topological polar surface area (TPSA) is 38.3 Å². The molecule has 5 heteroatoms. The summed E-state index contributed by atoms with van der Waals surface area (Å²) in [6.45, 7) is 4.31. The van der Waals surface area contributed by atoms with Gasteiger partial charge in [-0.3, -0.25) is 4.79 Å². The van der Waals surface area contributed by atoms with E-state index in [1.165, 1.54) is 0 Å². The van der Waals surface area contributed by atoms with E-state index >= 15 is 0 Å². The van der Waals surface area contributed by atoms with Crippen LogP contribution in [0.15, 0.2) is 24.3 Å². The lowest BCUT2D eigenvalue weighted by Crippen LogP contribution is -2.49. The molecular formula is C13H17Cl2NO2. The monoisotopic (exact) mass is 289 g/mol. The van der Waals surface area contributed by atoms with Crippen LogP contribution < -0.4 is 10.1 Å². The molecule has 0 aliphatic carbocycles. The van der Waals surface area contributed by atoms with Crippen molar-refractivity contribution in [2.24, 2.45) is 0 Å². The zero-order valence-corrected chi connectivity index (χ0v) is 12.0.